The largest absolute Gasteiger partial charge is 0.309 e. The van der Waals surface area contributed by atoms with Gasteiger partial charge in [-0.2, -0.15) is 0 Å². The fraction of sp³-hybridized carbons (Fsp3) is 0. The lowest BCUT2D eigenvalue weighted by molar-refractivity contribution is 1.07. The standard InChI is InChI=1S/C49H32N4/c1-3-15-35(16-4-1)47-50-48(36-29-26-34(27-30-36)38-31-28-33-14-7-8-17-37(33)32-38)52-49(51-47)42-21-10-9-20-40(42)41-23-13-25-45-46(41)43-22-11-12-24-44(43)53(45)39-18-5-2-6-19-39/h1-32H. The van der Waals surface area contributed by atoms with Crippen LogP contribution < -0.4 is 0 Å². The first-order valence-electron chi connectivity index (χ1n) is 17.9. The Morgan fingerprint density at radius 3 is 1.66 bits per heavy atom. The van der Waals surface area contributed by atoms with Gasteiger partial charge in [0.05, 0.1) is 11.0 Å². The van der Waals surface area contributed by atoms with Crippen molar-refractivity contribution in [3.63, 3.8) is 0 Å². The molecule has 2 aromatic heterocycles. The summed E-state index contributed by atoms with van der Waals surface area (Å²) in [5.74, 6) is 1.90. The maximum atomic E-state index is 5.20. The minimum absolute atomic E-state index is 0.631. The second kappa shape index (κ2) is 12.9. The van der Waals surface area contributed by atoms with Crippen LogP contribution in [0.2, 0.25) is 0 Å². The number of hydrogen-bond acceptors (Lipinski definition) is 3. The summed E-state index contributed by atoms with van der Waals surface area (Å²) < 4.78 is 2.35. The second-order valence-electron chi connectivity index (χ2n) is 13.2. The Bertz CT molecular complexity index is 2930. The third kappa shape index (κ3) is 5.45. The molecule has 8 aromatic carbocycles. The van der Waals surface area contributed by atoms with Crippen LogP contribution in [-0.4, -0.2) is 19.5 Å². The van der Waals surface area contributed by atoms with Crippen LogP contribution in [0.3, 0.4) is 0 Å². The highest BCUT2D eigenvalue weighted by atomic mass is 15.0. The van der Waals surface area contributed by atoms with E-state index in [0.717, 1.165) is 44.6 Å². The normalized spacial score (nSPS) is 11.4. The molecule has 0 spiro atoms. The minimum Gasteiger partial charge on any atom is -0.309 e. The lowest BCUT2D eigenvalue weighted by Crippen LogP contribution is -2.01. The fourth-order valence-electron chi connectivity index (χ4n) is 7.53. The van der Waals surface area contributed by atoms with Gasteiger partial charge < -0.3 is 4.57 Å². The number of rotatable bonds is 6. The Kier molecular flexibility index (Phi) is 7.43. The molecule has 0 aliphatic heterocycles. The van der Waals surface area contributed by atoms with Gasteiger partial charge in [0.2, 0.25) is 0 Å². The summed E-state index contributed by atoms with van der Waals surface area (Å²) in [5.41, 5.74) is 10.8. The molecule has 53 heavy (non-hydrogen) atoms. The molecule has 0 saturated heterocycles. The predicted octanol–water partition coefficient (Wildman–Crippen LogP) is 12.5. The van der Waals surface area contributed by atoms with Crippen molar-refractivity contribution in [1.82, 2.24) is 19.5 Å². The topological polar surface area (TPSA) is 43.6 Å². The van der Waals surface area contributed by atoms with E-state index < -0.39 is 0 Å². The number of aromatic nitrogens is 4. The van der Waals surface area contributed by atoms with E-state index in [9.17, 15) is 0 Å². The summed E-state index contributed by atoms with van der Waals surface area (Å²) in [6.45, 7) is 0. The first kappa shape index (κ1) is 30.6. The highest BCUT2D eigenvalue weighted by molar-refractivity contribution is 6.16. The van der Waals surface area contributed by atoms with Crippen LogP contribution in [0.1, 0.15) is 0 Å². The van der Waals surface area contributed by atoms with Crippen LogP contribution in [-0.2, 0) is 0 Å². The second-order valence-corrected chi connectivity index (χ2v) is 13.2. The van der Waals surface area contributed by atoms with E-state index in [1.807, 2.05) is 18.2 Å². The molecule has 0 aliphatic rings. The summed E-state index contributed by atoms with van der Waals surface area (Å²) in [7, 11) is 0. The van der Waals surface area contributed by atoms with Crippen LogP contribution in [0.25, 0.3) is 94.7 Å². The SMILES string of the molecule is c1ccc(-c2nc(-c3ccc(-c4ccc5ccccc5c4)cc3)nc(-c3ccccc3-c3cccc4c3c3ccccc3n4-c3ccccc3)n2)cc1. The van der Waals surface area contributed by atoms with Crippen LogP contribution in [0.4, 0.5) is 0 Å². The maximum Gasteiger partial charge on any atom is 0.164 e. The fourth-order valence-corrected chi connectivity index (χ4v) is 7.53. The Morgan fingerprint density at radius 1 is 0.321 bits per heavy atom. The van der Waals surface area contributed by atoms with Crippen LogP contribution >= 0.6 is 0 Å². The molecule has 0 fully saturated rings. The first-order chi connectivity index (χ1) is 26.3. The Labute approximate surface area is 307 Å². The van der Waals surface area contributed by atoms with Crippen molar-refractivity contribution in [1.29, 1.82) is 0 Å². The Morgan fingerprint density at radius 2 is 0.868 bits per heavy atom. The van der Waals surface area contributed by atoms with Gasteiger partial charge in [0.15, 0.2) is 17.5 Å². The maximum absolute atomic E-state index is 5.20. The van der Waals surface area contributed by atoms with Crippen molar-refractivity contribution in [2.45, 2.75) is 0 Å². The van der Waals surface area contributed by atoms with E-state index in [1.54, 1.807) is 0 Å². The zero-order chi connectivity index (χ0) is 35.1. The molecule has 4 nitrogen and oxygen atoms in total. The number of nitrogens with zero attached hydrogens (tertiary/aromatic N) is 4. The van der Waals surface area contributed by atoms with Gasteiger partial charge in [-0.25, -0.2) is 15.0 Å². The summed E-state index contributed by atoms with van der Waals surface area (Å²) in [6.07, 6.45) is 0. The molecule has 0 bridgehead atoms. The van der Waals surface area contributed by atoms with Gasteiger partial charge in [-0.15, -0.1) is 0 Å². The van der Waals surface area contributed by atoms with Gasteiger partial charge in [-0.1, -0.05) is 164 Å². The molecule has 0 amide bonds. The monoisotopic (exact) mass is 676 g/mol. The highest BCUT2D eigenvalue weighted by Gasteiger charge is 2.20. The third-order valence-corrected chi connectivity index (χ3v) is 10.1. The summed E-state index contributed by atoms with van der Waals surface area (Å²) in [6, 6.07) is 68.1. The molecule has 0 saturated carbocycles. The van der Waals surface area contributed by atoms with Gasteiger partial charge >= 0.3 is 0 Å². The molecule has 2 heterocycles. The zero-order valence-electron chi connectivity index (χ0n) is 28.8. The molecule has 0 N–H and O–H groups in total. The lowest BCUT2D eigenvalue weighted by atomic mass is 9.95. The van der Waals surface area contributed by atoms with Gasteiger partial charge in [-0.3, -0.25) is 0 Å². The third-order valence-electron chi connectivity index (χ3n) is 10.1. The molecule has 4 heteroatoms. The van der Waals surface area contributed by atoms with E-state index in [-0.39, 0.29) is 0 Å². The highest BCUT2D eigenvalue weighted by Crippen LogP contribution is 2.41. The smallest absolute Gasteiger partial charge is 0.164 e. The van der Waals surface area contributed by atoms with E-state index in [0.29, 0.717) is 17.5 Å². The number of hydrogen-bond donors (Lipinski definition) is 0. The van der Waals surface area contributed by atoms with Crippen molar-refractivity contribution in [2.75, 3.05) is 0 Å². The van der Waals surface area contributed by atoms with Crippen molar-refractivity contribution in [3.05, 3.63) is 194 Å². The Hall–Kier alpha value is -7.17. The van der Waals surface area contributed by atoms with E-state index >= 15 is 0 Å². The van der Waals surface area contributed by atoms with Crippen molar-refractivity contribution >= 4 is 32.6 Å². The molecule has 10 aromatic rings. The average molecular weight is 677 g/mol. The lowest BCUT2D eigenvalue weighted by Gasteiger charge is -2.13. The number of fused-ring (bicyclic) bond motifs is 4. The molecule has 0 radical (unpaired) electrons. The van der Waals surface area contributed by atoms with E-state index in [2.05, 4.69) is 180 Å². The van der Waals surface area contributed by atoms with E-state index in [4.69, 9.17) is 15.0 Å². The van der Waals surface area contributed by atoms with Crippen molar-refractivity contribution < 1.29 is 0 Å². The molecule has 0 atom stereocenters. The van der Waals surface area contributed by atoms with Gasteiger partial charge in [0.1, 0.15) is 0 Å². The number of para-hydroxylation sites is 2. The Balaban J connectivity index is 1.14. The summed E-state index contributed by atoms with van der Waals surface area (Å²) in [5, 5.41) is 4.85. The molecule has 0 unspecified atom stereocenters. The zero-order valence-corrected chi connectivity index (χ0v) is 28.8. The number of benzene rings is 8. The van der Waals surface area contributed by atoms with Crippen LogP contribution in [0.15, 0.2) is 194 Å². The van der Waals surface area contributed by atoms with Crippen molar-refractivity contribution in [3.8, 4) is 62.1 Å². The van der Waals surface area contributed by atoms with Gasteiger partial charge in [-0.05, 0) is 63.4 Å². The summed E-state index contributed by atoms with van der Waals surface area (Å²) in [4.78, 5) is 15.4. The predicted molar refractivity (Wildman–Crippen MR) is 219 cm³/mol. The molecule has 248 valence electrons. The van der Waals surface area contributed by atoms with Crippen molar-refractivity contribution in [2.24, 2.45) is 0 Å². The molecular weight excluding hydrogens is 645 g/mol. The van der Waals surface area contributed by atoms with Gasteiger partial charge in [0.25, 0.3) is 0 Å². The van der Waals surface area contributed by atoms with Gasteiger partial charge in [0, 0.05) is 33.2 Å². The average Bonchev–Trinajstić information content (AvgIpc) is 3.59. The van der Waals surface area contributed by atoms with Crippen LogP contribution in [0.5, 0.6) is 0 Å². The molecule has 0 aliphatic carbocycles. The molecule has 10 rings (SSSR count). The van der Waals surface area contributed by atoms with Crippen LogP contribution in [0, 0.1) is 0 Å². The van der Waals surface area contributed by atoms with E-state index in [1.165, 1.54) is 32.6 Å². The molecular formula is C49H32N4. The first-order valence-corrected chi connectivity index (χ1v) is 17.9. The quantitative estimate of drug-likeness (QED) is 0.176. The summed E-state index contributed by atoms with van der Waals surface area (Å²) >= 11 is 0. The minimum atomic E-state index is 0.631.